The lowest BCUT2D eigenvalue weighted by molar-refractivity contribution is 0.725. The van der Waals surface area contributed by atoms with Crippen LogP contribution < -0.4 is 5.32 Å². The zero-order valence-corrected chi connectivity index (χ0v) is 12.5. The van der Waals surface area contributed by atoms with E-state index in [-0.39, 0.29) is 0 Å². The lowest BCUT2D eigenvalue weighted by Crippen LogP contribution is -2.11. The fraction of sp³-hybridized carbons (Fsp3) is 0.429. The minimum atomic E-state index is 0.849. The minimum Gasteiger partial charge on any atom is -0.318 e. The van der Waals surface area contributed by atoms with Crippen LogP contribution in [0.2, 0.25) is 0 Å². The molecule has 0 aliphatic rings. The molecule has 4 nitrogen and oxygen atoms in total. The second-order valence-corrected chi connectivity index (χ2v) is 5.49. The Kier molecular flexibility index (Phi) is 4.99. The van der Waals surface area contributed by atoms with E-state index in [4.69, 9.17) is 0 Å². The van der Waals surface area contributed by atoms with Crippen LogP contribution >= 0.6 is 11.8 Å². The van der Waals surface area contributed by atoms with Crippen molar-refractivity contribution in [2.75, 3.05) is 6.54 Å². The third-order valence-corrected chi connectivity index (χ3v) is 4.02. The molecule has 1 heterocycles. The zero-order chi connectivity index (χ0) is 13.7. The average molecular weight is 276 g/mol. The maximum Gasteiger partial charge on any atom is 0.143 e. The van der Waals surface area contributed by atoms with Crippen molar-refractivity contribution in [3.05, 3.63) is 41.5 Å². The summed E-state index contributed by atoms with van der Waals surface area (Å²) in [5, 5.41) is 11.6. The summed E-state index contributed by atoms with van der Waals surface area (Å²) in [5.74, 6) is 2.82. The maximum absolute atomic E-state index is 4.18. The van der Waals surface area contributed by atoms with Crippen molar-refractivity contribution in [2.45, 2.75) is 31.0 Å². The van der Waals surface area contributed by atoms with E-state index >= 15 is 0 Å². The Labute approximate surface area is 118 Å². The first-order chi connectivity index (χ1) is 9.20. The van der Waals surface area contributed by atoms with Crippen LogP contribution in [0.3, 0.4) is 0 Å². The van der Waals surface area contributed by atoms with Gasteiger partial charge in [-0.05, 0) is 31.2 Å². The molecule has 1 aromatic carbocycles. The lowest BCUT2D eigenvalue weighted by Gasteiger charge is -2.06. The van der Waals surface area contributed by atoms with Crippen molar-refractivity contribution >= 4 is 11.8 Å². The highest BCUT2D eigenvalue weighted by Crippen LogP contribution is 2.22. The molecule has 0 aliphatic heterocycles. The molecule has 0 radical (unpaired) electrons. The molecule has 102 valence electrons. The van der Waals surface area contributed by atoms with Gasteiger partial charge in [-0.15, -0.1) is 22.0 Å². The molecule has 0 aliphatic carbocycles. The molecule has 0 saturated carbocycles. The Morgan fingerprint density at radius 3 is 2.84 bits per heavy atom. The van der Waals surface area contributed by atoms with Crippen molar-refractivity contribution in [3.8, 4) is 0 Å². The molecule has 0 fully saturated rings. The molecule has 0 bridgehead atoms. The molecular weight excluding hydrogens is 256 g/mol. The molecule has 2 rings (SSSR count). The summed E-state index contributed by atoms with van der Waals surface area (Å²) < 4.78 is 2.04. The number of hydrogen-bond donors (Lipinski definition) is 1. The number of thioether (sulfide) groups is 1. The normalized spacial score (nSPS) is 10.9. The van der Waals surface area contributed by atoms with E-state index in [0.29, 0.717) is 0 Å². The summed E-state index contributed by atoms with van der Waals surface area (Å²) in [6.07, 6.45) is 0. The summed E-state index contributed by atoms with van der Waals surface area (Å²) in [5.41, 5.74) is 1.32. The molecular formula is C14H20N4S. The summed E-state index contributed by atoms with van der Waals surface area (Å²) in [6.45, 7) is 6.01. The summed E-state index contributed by atoms with van der Waals surface area (Å²) in [6, 6.07) is 8.63. The van der Waals surface area contributed by atoms with E-state index in [1.54, 1.807) is 11.8 Å². The molecule has 1 N–H and O–H groups in total. The number of aromatic nitrogens is 3. The van der Waals surface area contributed by atoms with Crippen molar-refractivity contribution < 1.29 is 0 Å². The van der Waals surface area contributed by atoms with Gasteiger partial charge >= 0.3 is 0 Å². The van der Waals surface area contributed by atoms with Gasteiger partial charge in [-0.3, -0.25) is 0 Å². The Hall–Kier alpha value is -1.33. The van der Waals surface area contributed by atoms with E-state index in [2.05, 4.69) is 46.7 Å². The second-order valence-electron chi connectivity index (χ2n) is 4.44. The first kappa shape index (κ1) is 14.1. The lowest BCUT2D eigenvalue weighted by atomic mass is 10.2. The molecule has 2 aromatic rings. The third kappa shape index (κ3) is 3.81. The fourth-order valence-electron chi connectivity index (χ4n) is 1.74. The van der Waals surface area contributed by atoms with E-state index in [1.807, 2.05) is 18.5 Å². The fourth-order valence-corrected chi connectivity index (χ4v) is 2.70. The molecule has 0 amide bonds. The molecule has 0 spiro atoms. The van der Waals surface area contributed by atoms with Gasteiger partial charge < -0.3 is 9.88 Å². The van der Waals surface area contributed by atoms with E-state index < -0.39 is 0 Å². The highest BCUT2D eigenvalue weighted by molar-refractivity contribution is 7.98. The van der Waals surface area contributed by atoms with Crippen LogP contribution in [0.4, 0.5) is 0 Å². The highest BCUT2D eigenvalue weighted by atomic mass is 32.2. The van der Waals surface area contributed by atoms with Crippen molar-refractivity contribution in [3.63, 3.8) is 0 Å². The van der Waals surface area contributed by atoms with Crippen LogP contribution in [0.1, 0.15) is 24.1 Å². The minimum absolute atomic E-state index is 0.849. The Balaban J connectivity index is 1.97. The standard InChI is InChI=1S/C14H20N4S/c1-4-15-9-12-6-5-7-13(8-12)19-10-14-17-16-11(2)18(14)3/h5-8,15H,4,9-10H2,1-3H3. The SMILES string of the molecule is CCNCc1cccc(SCc2nnc(C)n2C)c1. The van der Waals surface area contributed by atoms with E-state index in [0.717, 1.165) is 30.5 Å². The van der Waals surface area contributed by atoms with Gasteiger partial charge in [-0.25, -0.2) is 0 Å². The predicted octanol–water partition coefficient (Wildman–Crippen LogP) is 2.53. The predicted molar refractivity (Wildman–Crippen MR) is 79.1 cm³/mol. The van der Waals surface area contributed by atoms with Gasteiger partial charge in [0.25, 0.3) is 0 Å². The second kappa shape index (κ2) is 6.73. The van der Waals surface area contributed by atoms with Crippen molar-refractivity contribution in [1.29, 1.82) is 0 Å². The van der Waals surface area contributed by atoms with Crippen LogP contribution in [0.25, 0.3) is 0 Å². The summed E-state index contributed by atoms with van der Waals surface area (Å²) >= 11 is 1.80. The van der Waals surface area contributed by atoms with Crippen LogP contribution in [0.15, 0.2) is 29.2 Å². The number of hydrogen-bond acceptors (Lipinski definition) is 4. The molecule has 19 heavy (non-hydrogen) atoms. The number of benzene rings is 1. The molecule has 1 aromatic heterocycles. The van der Waals surface area contributed by atoms with Gasteiger partial charge in [0.2, 0.25) is 0 Å². The number of nitrogens with one attached hydrogen (secondary N) is 1. The largest absolute Gasteiger partial charge is 0.318 e. The third-order valence-electron chi connectivity index (χ3n) is 3.03. The van der Waals surface area contributed by atoms with Gasteiger partial charge in [0, 0.05) is 18.5 Å². The molecule has 0 atom stereocenters. The van der Waals surface area contributed by atoms with Crippen LogP contribution in [-0.2, 0) is 19.3 Å². The highest BCUT2D eigenvalue weighted by Gasteiger charge is 2.05. The smallest absolute Gasteiger partial charge is 0.143 e. The topological polar surface area (TPSA) is 42.7 Å². The summed E-state index contributed by atoms with van der Waals surface area (Å²) in [4.78, 5) is 1.27. The quantitative estimate of drug-likeness (QED) is 0.823. The van der Waals surface area contributed by atoms with Gasteiger partial charge in [0.15, 0.2) is 0 Å². The van der Waals surface area contributed by atoms with Crippen LogP contribution in [-0.4, -0.2) is 21.3 Å². The Bertz CT molecular complexity index is 536. The number of nitrogens with zero attached hydrogens (tertiary/aromatic N) is 3. The van der Waals surface area contributed by atoms with E-state index in [9.17, 15) is 0 Å². The van der Waals surface area contributed by atoms with E-state index in [1.165, 1.54) is 10.5 Å². The van der Waals surface area contributed by atoms with Gasteiger partial charge in [0.05, 0.1) is 5.75 Å². The van der Waals surface area contributed by atoms with Crippen molar-refractivity contribution in [2.24, 2.45) is 7.05 Å². The van der Waals surface area contributed by atoms with Gasteiger partial charge in [0.1, 0.15) is 11.6 Å². The van der Waals surface area contributed by atoms with Gasteiger partial charge in [-0.1, -0.05) is 19.1 Å². The Morgan fingerprint density at radius 1 is 1.32 bits per heavy atom. The van der Waals surface area contributed by atoms with Crippen LogP contribution in [0.5, 0.6) is 0 Å². The Morgan fingerprint density at radius 2 is 2.16 bits per heavy atom. The van der Waals surface area contributed by atoms with Crippen molar-refractivity contribution in [1.82, 2.24) is 20.1 Å². The first-order valence-corrected chi connectivity index (χ1v) is 7.46. The average Bonchev–Trinajstić information content (AvgIpc) is 2.75. The monoisotopic (exact) mass is 276 g/mol. The summed E-state index contributed by atoms with van der Waals surface area (Å²) in [7, 11) is 2.01. The van der Waals surface area contributed by atoms with Gasteiger partial charge in [-0.2, -0.15) is 0 Å². The molecule has 0 unspecified atom stereocenters. The zero-order valence-electron chi connectivity index (χ0n) is 11.7. The maximum atomic E-state index is 4.18. The molecule has 5 heteroatoms. The molecule has 0 saturated heterocycles. The number of rotatable bonds is 6. The first-order valence-electron chi connectivity index (χ1n) is 6.48. The number of aryl methyl sites for hydroxylation is 1. The van der Waals surface area contributed by atoms with Crippen LogP contribution in [0, 0.1) is 6.92 Å².